The van der Waals surface area contributed by atoms with Crippen LogP contribution in [0.15, 0.2) is 29.6 Å². The lowest BCUT2D eigenvalue weighted by Gasteiger charge is -2.15. The van der Waals surface area contributed by atoms with Crippen molar-refractivity contribution in [3.63, 3.8) is 0 Å². The Morgan fingerprint density at radius 2 is 1.95 bits per heavy atom. The van der Waals surface area contributed by atoms with E-state index < -0.39 is 6.10 Å². The number of hydrogen-bond donors (Lipinski definition) is 2. The van der Waals surface area contributed by atoms with Gasteiger partial charge in [-0.3, -0.25) is 0 Å². The van der Waals surface area contributed by atoms with Gasteiger partial charge in [0.2, 0.25) is 0 Å². The first-order valence-corrected chi connectivity index (χ1v) is 7.26. The smallest absolute Gasteiger partial charge is 0.187 e. The van der Waals surface area contributed by atoms with Gasteiger partial charge in [-0.1, -0.05) is 39.0 Å². The third kappa shape index (κ3) is 3.33. The molecule has 2 aromatic rings. The minimum atomic E-state index is -0.495. The van der Waals surface area contributed by atoms with E-state index in [-0.39, 0.29) is 5.41 Å². The van der Waals surface area contributed by atoms with Gasteiger partial charge in [-0.15, -0.1) is 11.3 Å². The number of aliphatic hydroxyl groups excluding tert-OH is 1. The number of rotatable bonds is 3. The van der Waals surface area contributed by atoms with E-state index in [9.17, 15) is 5.11 Å². The van der Waals surface area contributed by atoms with Gasteiger partial charge in [-0.05, 0) is 13.0 Å². The monoisotopic (exact) mass is 276 g/mol. The van der Waals surface area contributed by atoms with Crippen molar-refractivity contribution >= 4 is 22.2 Å². The molecule has 102 valence electrons. The number of aliphatic hydroxyl groups is 1. The fourth-order valence-electron chi connectivity index (χ4n) is 1.77. The normalized spacial score (nSPS) is 13.3. The summed E-state index contributed by atoms with van der Waals surface area (Å²) in [7, 11) is 0. The molecule has 4 heteroatoms. The second-order valence-electron chi connectivity index (χ2n) is 5.68. The van der Waals surface area contributed by atoms with Crippen molar-refractivity contribution in [1.82, 2.24) is 4.98 Å². The molecule has 0 aliphatic heterocycles. The molecule has 1 aromatic heterocycles. The number of anilines is 2. The minimum absolute atomic E-state index is 0.0558. The molecule has 0 saturated carbocycles. The molecule has 0 radical (unpaired) electrons. The van der Waals surface area contributed by atoms with E-state index in [1.807, 2.05) is 24.3 Å². The highest BCUT2D eigenvalue weighted by atomic mass is 32.1. The molecule has 19 heavy (non-hydrogen) atoms. The summed E-state index contributed by atoms with van der Waals surface area (Å²) >= 11 is 1.59. The minimum Gasteiger partial charge on any atom is -0.389 e. The lowest BCUT2D eigenvalue weighted by Crippen LogP contribution is -2.11. The van der Waals surface area contributed by atoms with Gasteiger partial charge in [0.1, 0.15) is 0 Å². The van der Waals surface area contributed by atoms with Gasteiger partial charge in [0.25, 0.3) is 0 Å². The molecule has 2 rings (SSSR count). The fraction of sp³-hybridized carbons (Fsp3) is 0.400. The van der Waals surface area contributed by atoms with Gasteiger partial charge in [0.15, 0.2) is 5.13 Å². The van der Waals surface area contributed by atoms with Crippen molar-refractivity contribution in [3.05, 3.63) is 40.9 Å². The third-order valence-corrected chi connectivity index (χ3v) is 3.68. The first-order chi connectivity index (χ1) is 8.88. The standard InChI is InChI=1S/C15H20N2OS/c1-10(18)11-7-5-6-8-12(11)16-14-17-13(9-19-14)15(2,3)4/h5-10,18H,1-4H3,(H,16,17). The number of thiazole rings is 1. The Labute approximate surface area is 118 Å². The summed E-state index contributed by atoms with van der Waals surface area (Å²) in [5.41, 5.74) is 2.93. The maximum Gasteiger partial charge on any atom is 0.187 e. The second kappa shape index (κ2) is 5.31. The zero-order valence-corrected chi connectivity index (χ0v) is 12.6. The highest BCUT2D eigenvalue weighted by Crippen LogP contribution is 2.30. The Morgan fingerprint density at radius 1 is 1.26 bits per heavy atom. The van der Waals surface area contributed by atoms with Crippen LogP contribution >= 0.6 is 11.3 Å². The average Bonchev–Trinajstić information content (AvgIpc) is 2.77. The number of aromatic nitrogens is 1. The lowest BCUT2D eigenvalue weighted by molar-refractivity contribution is 0.200. The summed E-state index contributed by atoms with van der Waals surface area (Å²) < 4.78 is 0. The quantitative estimate of drug-likeness (QED) is 0.881. The molecule has 0 fully saturated rings. The summed E-state index contributed by atoms with van der Waals surface area (Å²) in [4.78, 5) is 4.60. The number of benzene rings is 1. The Bertz CT molecular complexity index is 555. The van der Waals surface area contributed by atoms with Crippen LogP contribution < -0.4 is 5.32 Å². The molecule has 1 heterocycles. The van der Waals surface area contributed by atoms with Gasteiger partial charge in [-0.25, -0.2) is 4.98 Å². The van der Waals surface area contributed by atoms with Gasteiger partial charge in [0.05, 0.1) is 11.8 Å². The molecule has 1 aromatic carbocycles. The van der Waals surface area contributed by atoms with Crippen LogP contribution in [0, 0.1) is 0 Å². The number of hydrogen-bond acceptors (Lipinski definition) is 4. The molecule has 0 saturated heterocycles. The van der Waals surface area contributed by atoms with Crippen molar-refractivity contribution in [2.24, 2.45) is 0 Å². The molecule has 0 spiro atoms. The van der Waals surface area contributed by atoms with E-state index in [0.717, 1.165) is 22.1 Å². The molecule has 0 aliphatic rings. The van der Waals surface area contributed by atoms with E-state index in [1.165, 1.54) is 0 Å². The first-order valence-electron chi connectivity index (χ1n) is 6.38. The van der Waals surface area contributed by atoms with Crippen LogP contribution in [0.1, 0.15) is 45.1 Å². The molecular weight excluding hydrogens is 256 g/mol. The first kappa shape index (κ1) is 14.0. The third-order valence-electron chi connectivity index (χ3n) is 2.93. The van der Waals surface area contributed by atoms with Gasteiger partial charge >= 0.3 is 0 Å². The predicted molar refractivity (Wildman–Crippen MR) is 81.2 cm³/mol. The molecule has 0 aliphatic carbocycles. The van der Waals surface area contributed by atoms with E-state index in [0.29, 0.717) is 0 Å². The Kier molecular flexibility index (Phi) is 3.92. The SMILES string of the molecule is CC(O)c1ccccc1Nc1nc(C(C)(C)C)cs1. The molecule has 3 nitrogen and oxygen atoms in total. The largest absolute Gasteiger partial charge is 0.389 e. The fourth-order valence-corrected chi connectivity index (χ4v) is 2.72. The van der Waals surface area contributed by atoms with Crippen LogP contribution in [0.2, 0.25) is 0 Å². The zero-order chi connectivity index (χ0) is 14.0. The summed E-state index contributed by atoms with van der Waals surface area (Å²) in [6, 6.07) is 7.76. The van der Waals surface area contributed by atoms with Crippen molar-refractivity contribution in [2.75, 3.05) is 5.32 Å². The van der Waals surface area contributed by atoms with Gasteiger partial charge < -0.3 is 10.4 Å². The molecule has 0 amide bonds. The van der Waals surface area contributed by atoms with Crippen LogP contribution in [0.25, 0.3) is 0 Å². The summed E-state index contributed by atoms with van der Waals surface area (Å²) in [5.74, 6) is 0. The van der Waals surface area contributed by atoms with E-state index in [2.05, 4.69) is 36.5 Å². The topological polar surface area (TPSA) is 45.1 Å². The average molecular weight is 276 g/mol. The summed E-state index contributed by atoms with van der Waals surface area (Å²) in [5, 5.41) is 16.0. The van der Waals surface area contributed by atoms with Gasteiger partial charge in [-0.2, -0.15) is 0 Å². The highest BCUT2D eigenvalue weighted by Gasteiger charge is 2.18. The Balaban J connectivity index is 2.25. The van der Waals surface area contributed by atoms with Crippen LogP contribution in [-0.2, 0) is 5.41 Å². The number of nitrogens with one attached hydrogen (secondary N) is 1. The highest BCUT2D eigenvalue weighted by molar-refractivity contribution is 7.13. The molecule has 1 unspecified atom stereocenters. The maximum absolute atomic E-state index is 9.76. The van der Waals surface area contributed by atoms with Crippen LogP contribution in [0.5, 0.6) is 0 Å². The van der Waals surface area contributed by atoms with E-state index >= 15 is 0 Å². The molecule has 0 bridgehead atoms. The van der Waals surface area contributed by atoms with Crippen molar-refractivity contribution < 1.29 is 5.11 Å². The number of para-hydroxylation sites is 1. The lowest BCUT2D eigenvalue weighted by atomic mass is 9.93. The summed E-state index contributed by atoms with van der Waals surface area (Å²) in [6.45, 7) is 8.21. The van der Waals surface area contributed by atoms with Crippen LogP contribution in [0.4, 0.5) is 10.8 Å². The van der Waals surface area contributed by atoms with Crippen molar-refractivity contribution in [2.45, 2.75) is 39.2 Å². The van der Waals surface area contributed by atoms with Crippen molar-refractivity contribution in [1.29, 1.82) is 0 Å². The Morgan fingerprint density at radius 3 is 2.53 bits per heavy atom. The Hall–Kier alpha value is -1.39. The van der Waals surface area contributed by atoms with Crippen LogP contribution in [0.3, 0.4) is 0 Å². The van der Waals surface area contributed by atoms with Crippen LogP contribution in [-0.4, -0.2) is 10.1 Å². The predicted octanol–water partition coefficient (Wildman–Crippen LogP) is 4.24. The van der Waals surface area contributed by atoms with E-state index in [4.69, 9.17) is 0 Å². The summed E-state index contributed by atoms with van der Waals surface area (Å²) in [6.07, 6.45) is -0.495. The molecule has 1 atom stereocenters. The zero-order valence-electron chi connectivity index (χ0n) is 11.8. The van der Waals surface area contributed by atoms with E-state index in [1.54, 1.807) is 18.3 Å². The second-order valence-corrected chi connectivity index (χ2v) is 6.53. The van der Waals surface area contributed by atoms with Crippen molar-refractivity contribution in [3.8, 4) is 0 Å². The molecule has 2 N–H and O–H groups in total. The number of nitrogens with zero attached hydrogens (tertiary/aromatic N) is 1. The molecular formula is C15H20N2OS. The maximum atomic E-state index is 9.76. The van der Waals surface area contributed by atoms with Gasteiger partial charge in [0, 0.05) is 22.0 Å².